The summed E-state index contributed by atoms with van der Waals surface area (Å²) < 4.78 is 4.96. The number of carbonyl (C=O) groups is 1. The molecule has 0 aliphatic heterocycles. The number of aromatic nitrogens is 1. The van der Waals surface area contributed by atoms with E-state index >= 15 is 0 Å². The second kappa shape index (κ2) is 4.58. The molecule has 1 aromatic heterocycles. The number of carbonyl (C=O) groups excluding carboxylic acids is 1. The standard InChI is InChI=1S/C10H7NO2.ClH/c12-7-9-6-10(13-11-9)8-4-2-1-3-5-8;/h1-7H;1H. The van der Waals surface area contributed by atoms with E-state index in [0.717, 1.165) is 5.56 Å². The molecule has 0 fully saturated rings. The van der Waals surface area contributed by atoms with Crippen LogP contribution in [0.3, 0.4) is 0 Å². The van der Waals surface area contributed by atoms with Crippen molar-refractivity contribution in [2.75, 3.05) is 0 Å². The molecule has 0 saturated heterocycles. The van der Waals surface area contributed by atoms with Crippen molar-refractivity contribution < 1.29 is 9.32 Å². The van der Waals surface area contributed by atoms with Gasteiger partial charge in [0.05, 0.1) is 0 Å². The van der Waals surface area contributed by atoms with Crippen molar-refractivity contribution in [2.45, 2.75) is 0 Å². The van der Waals surface area contributed by atoms with Crippen LogP contribution in [0.1, 0.15) is 10.5 Å². The molecule has 1 heterocycles. The summed E-state index contributed by atoms with van der Waals surface area (Å²) in [6.45, 7) is 0. The zero-order valence-electron chi connectivity index (χ0n) is 7.21. The van der Waals surface area contributed by atoms with E-state index in [0.29, 0.717) is 17.7 Å². The lowest BCUT2D eigenvalue weighted by Gasteiger charge is -1.91. The second-order valence-corrected chi connectivity index (χ2v) is 2.60. The number of benzene rings is 1. The van der Waals surface area contributed by atoms with Gasteiger partial charge in [-0.3, -0.25) is 4.79 Å². The molecule has 0 radical (unpaired) electrons. The minimum Gasteiger partial charge on any atom is -0.356 e. The molecule has 1 aromatic carbocycles. The quantitative estimate of drug-likeness (QED) is 0.714. The van der Waals surface area contributed by atoms with Crippen molar-refractivity contribution in [1.29, 1.82) is 0 Å². The van der Waals surface area contributed by atoms with Gasteiger partial charge >= 0.3 is 0 Å². The molecule has 0 saturated carbocycles. The molecule has 0 amide bonds. The molecular formula is C10H8ClNO2. The van der Waals surface area contributed by atoms with E-state index in [4.69, 9.17) is 4.52 Å². The van der Waals surface area contributed by atoms with Crippen LogP contribution >= 0.6 is 12.4 Å². The van der Waals surface area contributed by atoms with Gasteiger partial charge in [-0.1, -0.05) is 35.5 Å². The van der Waals surface area contributed by atoms with Crippen LogP contribution in [0.15, 0.2) is 40.9 Å². The van der Waals surface area contributed by atoms with Crippen LogP contribution in [0, 0.1) is 0 Å². The third kappa shape index (κ3) is 2.00. The highest BCUT2D eigenvalue weighted by molar-refractivity contribution is 5.85. The molecule has 0 unspecified atom stereocenters. The average molecular weight is 210 g/mol. The highest BCUT2D eigenvalue weighted by Crippen LogP contribution is 2.18. The monoisotopic (exact) mass is 209 g/mol. The molecule has 3 nitrogen and oxygen atoms in total. The predicted octanol–water partition coefficient (Wildman–Crippen LogP) is 2.58. The van der Waals surface area contributed by atoms with Gasteiger partial charge in [0.25, 0.3) is 0 Å². The van der Waals surface area contributed by atoms with Gasteiger partial charge in [0.15, 0.2) is 12.0 Å². The normalized spacial score (nSPS) is 9.14. The maximum Gasteiger partial charge on any atom is 0.171 e. The molecular weight excluding hydrogens is 202 g/mol. The average Bonchev–Trinajstić information content (AvgIpc) is 2.67. The first-order valence-corrected chi connectivity index (χ1v) is 3.87. The molecule has 0 atom stereocenters. The van der Waals surface area contributed by atoms with E-state index in [1.54, 1.807) is 6.07 Å². The van der Waals surface area contributed by atoms with E-state index in [1.807, 2.05) is 30.3 Å². The molecule has 72 valence electrons. The molecule has 2 rings (SSSR count). The van der Waals surface area contributed by atoms with Crippen LogP contribution in [0.5, 0.6) is 0 Å². The van der Waals surface area contributed by atoms with Crippen molar-refractivity contribution in [1.82, 2.24) is 5.16 Å². The Morgan fingerprint density at radius 3 is 2.50 bits per heavy atom. The van der Waals surface area contributed by atoms with Gasteiger partial charge in [-0.15, -0.1) is 12.4 Å². The van der Waals surface area contributed by atoms with E-state index < -0.39 is 0 Å². The maximum atomic E-state index is 10.3. The fourth-order valence-corrected chi connectivity index (χ4v) is 1.08. The Labute approximate surface area is 87.1 Å². The summed E-state index contributed by atoms with van der Waals surface area (Å²) in [5, 5.41) is 3.57. The number of halogens is 1. The number of hydrogen-bond donors (Lipinski definition) is 0. The predicted molar refractivity (Wildman–Crippen MR) is 54.6 cm³/mol. The van der Waals surface area contributed by atoms with Crippen LogP contribution in [0.25, 0.3) is 11.3 Å². The highest BCUT2D eigenvalue weighted by atomic mass is 35.5. The van der Waals surface area contributed by atoms with Crippen molar-refractivity contribution in [3.63, 3.8) is 0 Å². The van der Waals surface area contributed by atoms with Crippen molar-refractivity contribution in [2.24, 2.45) is 0 Å². The number of aldehydes is 1. The second-order valence-electron chi connectivity index (χ2n) is 2.60. The Hall–Kier alpha value is -1.61. The van der Waals surface area contributed by atoms with E-state index in [9.17, 15) is 4.79 Å². The fraction of sp³-hybridized carbons (Fsp3) is 0. The first-order chi connectivity index (χ1) is 6.40. The van der Waals surface area contributed by atoms with Gasteiger partial charge in [-0.2, -0.15) is 0 Å². The first kappa shape index (κ1) is 10.5. The largest absolute Gasteiger partial charge is 0.356 e. The summed E-state index contributed by atoms with van der Waals surface area (Å²) in [5.74, 6) is 0.614. The molecule has 0 aliphatic rings. The summed E-state index contributed by atoms with van der Waals surface area (Å²) in [7, 11) is 0. The Balaban J connectivity index is 0.000000980. The minimum absolute atomic E-state index is 0. The van der Waals surface area contributed by atoms with E-state index in [-0.39, 0.29) is 12.4 Å². The van der Waals surface area contributed by atoms with Gasteiger partial charge in [-0.05, 0) is 0 Å². The summed E-state index contributed by atoms with van der Waals surface area (Å²) in [5.41, 5.74) is 1.24. The lowest BCUT2D eigenvalue weighted by atomic mass is 10.2. The summed E-state index contributed by atoms with van der Waals surface area (Å²) in [6.07, 6.45) is 0.663. The molecule has 14 heavy (non-hydrogen) atoms. The summed E-state index contributed by atoms with van der Waals surface area (Å²) >= 11 is 0. The van der Waals surface area contributed by atoms with Gasteiger partial charge in [0, 0.05) is 11.6 Å². The third-order valence-electron chi connectivity index (χ3n) is 1.71. The molecule has 0 bridgehead atoms. The van der Waals surface area contributed by atoms with Crippen molar-refractivity contribution in [3.8, 4) is 11.3 Å². The van der Waals surface area contributed by atoms with Crippen LogP contribution in [0.4, 0.5) is 0 Å². The Bertz CT molecular complexity index is 411. The highest BCUT2D eigenvalue weighted by Gasteiger charge is 2.03. The minimum atomic E-state index is 0. The molecule has 0 aliphatic carbocycles. The Morgan fingerprint density at radius 2 is 1.93 bits per heavy atom. The number of rotatable bonds is 2. The Morgan fingerprint density at radius 1 is 1.21 bits per heavy atom. The van der Waals surface area contributed by atoms with Gasteiger partial charge in [0.2, 0.25) is 0 Å². The van der Waals surface area contributed by atoms with Crippen molar-refractivity contribution in [3.05, 3.63) is 42.1 Å². The molecule has 2 aromatic rings. The van der Waals surface area contributed by atoms with Gasteiger partial charge in [0.1, 0.15) is 5.69 Å². The lowest BCUT2D eigenvalue weighted by molar-refractivity contribution is 0.111. The van der Waals surface area contributed by atoms with Gasteiger partial charge < -0.3 is 4.52 Å². The summed E-state index contributed by atoms with van der Waals surface area (Å²) in [6, 6.07) is 11.1. The summed E-state index contributed by atoms with van der Waals surface area (Å²) in [4.78, 5) is 10.3. The van der Waals surface area contributed by atoms with Crippen LogP contribution in [0.2, 0.25) is 0 Å². The SMILES string of the molecule is Cl.O=Cc1cc(-c2ccccc2)on1. The van der Waals surface area contributed by atoms with Crippen LogP contribution in [-0.4, -0.2) is 11.4 Å². The fourth-order valence-electron chi connectivity index (χ4n) is 1.08. The molecule has 4 heteroatoms. The van der Waals surface area contributed by atoms with E-state index in [1.165, 1.54) is 0 Å². The number of nitrogens with zero attached hydrogens (tertiary/aromatic N) is 1. The maximum absolute atomic E-state index is 10.3. The number of hydrogen-bond acceptors (Lipinski definition) is 3. The zero-order chi connectivity index (χ0) is 9.10. The van der Waals surface area contributed by atoms with Crippen LogP contribution < -0.4 is 0 Å². The molecule has 0 N–H and O–H groups in total. The van der Waals surface area contributed by atoms with E-state index in [2.05, 4.69) is 5.16 Å². The third-order valence-corrected chi connectivity index (χ3v) is 1.71. The van der Waals surface area contributed by atoms with Gasteiger partial charge in [-0.25, -0.2) is 0 Å². The first-order valence-electron chi connectivity index (χ1n) is 3.87. The molecule has 0 spiro atoms. The smallest absolute Gasteiger partial charge is 0.171 e. The van der Waals surface area contributed by atoms with Crippen molar-refractivity contribution >= 4 is 18.7 Å². The Kier molecular flexibility index (Phi) is 3.42. The zero-order valence-corrected chi connectivity index (χ0v) is 8.03. The lowest BCUT2D eigenvalue weighted by Crippen LogP contribution is -1.73. The van der Waals surface area contributed by atoms with Crippen LogP contribution in [-0.2, 0) is 0 Å². The topological polar surface area (TPSA) is 43.1 Å².